The topological polar surface area (TPSA) is 92.4 Å². The molecule has 0 saturated heterocycles. The lowest BCUT2D eigenvalue weighted by Gasteiger charge is -2.13. The summed E-state index contributed by atoms with van der Waals surface area (Å²) >= 11 is 1.63. The minimum Gasteiger partial charge on any atom is -0.397 e. The van der Waals surface area contributed by atoms with Crippen LogP contribution in [0.4, 0.5) is 11.4 Å². The molecule has 0 fully saturated rings. The number of anilines is 2. The summed E-state index contributed by atoms with van der Waals surface area (Å²) < 4.78 is 11.9. The highest BCUT2D eigenvalue weighted by Crippen LogP contribution is 2.31. The largest absolute Gasteiger partial charge is 0.546 e. The predicted molar refractivity (Wildman–Crippen MR) is 141 cm³/mol. The van der Waals surface area contributed by atoms with Crippen molar-refractivity contribution < 1.29 is 14.3 Å². The molecule has 1 heterocycles. The Bertz CT molecular complexity index is 1330. The number of nitrogen functional groups attached to an aromatic ring is 1. The first kappa shape index (κ1) is 23.8. The van der Waals surface area contributed by atoms with Gasteiger partial charge >= 0.3 is 8.03 Å². The van der Waals surface area contributed by atoms with Crippen LogP contribution in [0.1, 0.15) is 46.8 Å². The minimum absolute atomic E-state index is 0.227. The average molecular weight is 490 g/mol. The smallest absolute Gasteiger partial charge is 0.397 e. The zero-order chi connectivity index (χ0) is 24.2. The first-order chi connectivity index (χ1) is 16.3. The maximum atomic E-state index is 12.9. The number of hydrogen-bond acceptors (Lipinski definition) is 4. The van der Waals surface area contributed by atoms with Crippen LogP contribution in [-0.4, -0.2) is 10.8 Å². The van der Waals surface area contributed by atoms with Crippen molar-refractivity contribution in [3.63, 3.8) is 0 Å². The number of nitrogens with two attached hydrogens (primary N) is 1. The molecule has 0 aliphatic rings. The number of nitrogens with one attached hydrogen (secondary N) is 1. The third kappa shape index (κ3) is 5.26. The van der Waals surface area contributed by atoms with Gasteiger partial charge in [0.1, 0.15) is 0 Å². The van der Waals surface area contributed by atoms with E-state index in [1.54, 1.807) is 35.6 Å². The van der Waals surface area contributed by atoms with Crippen molar-refractivity contribution in [2.24, 2.45) is 0 Å². The summed E-state index contributed by atoms with van der Waals surface area (Å²) in [5, 5.41) is 5.38. The number of carbonyl (C=O) groups is 1. The molecule has 0 bridgehead atoms. The predicted octanol–water partition coefficient (Wildman–Crippen LogP) is 6.32. The highest BCUT2D eigenvalue weighted by atomic mass is 32.1. The van der Waals surface area contributed by atoms with Gasteiger partial charge in [0.05, 0.1) is 11.4 Å². The number of amides is 1. The van der Waals surface area contributed by atoms with E-state index in [9.17, 15) is 14.3 Å². The summed E-state index contributed by atoms with van der Waals surface area (Å²) in [5.74, 6) is -0.0198. The third-order valence-electron chi connectivity index (χ3n) is 5.72. The van der Waals surface area contributed by atoms with Gasteiger partial charge in [-0.1, -0.05) is 50.2 Å². The molecule has 0 radical (unpaired) electrons. The van der Waals surface area contributed by atoms with Gasteiger partial charge in [-0.3, -0.25) is 4.79 Å². The highest BCUT2D eigenvalue weighted by Gasteiger charge is 2.25. The van der Waals surface area contributed by atoms with E-state index in [2.05, 4.69) is 19.2 Å². The van der Waals surface area contributed by atoms with Crippen LogP contribution < -0.4 is 16.4 Å². The average Bonchev–Trinajstić information content (AvgIpc) is 3.36. The Morgan fingerprint density at radius 2 is 1.82 bits per heavy atom. The number of thiophene rings is 1. The molecule has 0 saturated carbocycles. The fourth-order valence-electron chi connectivity index (χ4n) is 3.94. The van der Waals surface area contributed by atoms with Gasteiger partial charge in [0.25, 0.3) is 5.91 Å². The summed E-state index contributed by atoms with van der Waals surface area (Å²) in [6.45, 7) is 4.14. The standard InChI is InChI=1S/C27H25N2O3PS/c1-17(2)21-5-3-6-25(33(31)32)22(21)15-18-8-10-19(11-9-18)27(30)29-24-16-20(12-13-23(24)28)26-7-4-14-34-26/h3-14,16-17H,15,28H2,1-2H3,(H-,29,30,31,32)/p+1. The number of benzene rings is 3. The molecule has 0 spiro atoms. The van der Waals surface area contributed by atoms with E-state index in [0.717, 1.165) is 27.1 Å². The van der Waals surface area contributed by atoms with Crippen LogP contribution in [0.5, 0.6) is 0 Å². The van der Waals surface area contributed by atoms with E-state index in [1.165, 1.54) is 0 Å². The SMILES string of the molecule is CC(C)c1cccc([P+](=O)O)c1Cc1ccc(C(=O)Nc2cc(-c3cccs3)ccc2N)cc1. The second kappa shape index (κ2) is 10.3. The van der Waals surface area contributed by atoms with E-state index in [-0.39, 0.29) is 11.8 Å². The van der Waals surface area contributed by atoms with Crippen molar-refractivity contribution in [3.05, 3.63) is 100 Å². The number of carbonyl (C=O) groups excluding carboxylic acids is 1. The Kier molecular flexibility index (Phi) is 7.23. The van der Waals surface area contributed by atoms with Crippen molar-refractivity contribution in [1.82, 2.24) is 0 Å². The van der Waals surface area contributed by atoms with Crippen LogP contribution in [-0.2, 0) is 11.0 Å². The third-order valence-corrected chi connectivity index (χ3v) is 7.47. The van der Waals surface area contributed by atoms with Gasteiger partial charge in [-0.2, -0.15) is 4.89 Å². The van der Waals surface area contributed by atoms with E-state index >= 15 is 0 Å². The van der Waals surface area contributed by atoms with Crippen LogP contribution in [0.15, 0.2) is 78.2 Å². The maximum Gasteiger partial charge on any atom is 0.546 e. The van der Waals surface area contributed by atoms with E-state index in [4.69, 9.17) is 5.73 Å². The summed E-state index contributed by atoms with van der Waals surface area (Å²) in [6, 6.07) is 22.4. The normalized spacial score (nSPS) is 11.5. The van der Waals surface area contributed by atoms with Crippen LogP contribution >= 0.6 is 19.4 Å². The van der Waals surface area contributed by atoms with Crippen LogP contribution in [0.2, 0.25) is 0 Å². The molecule has 7 heteroatoms. The Morgan fingerprint density at radius 3 is 2.47 bits per heavy atom. The maximum absolute atomic E-state index is 12.9. The molecule has 4 rings (SSSR count). The van der Waals surface area contributed by atoms with Gasteiger partial charge in [-0.25, -0.2) is 0 Å². The summed E-state index contributed by atoms with van der Waals surface area (Å²) in [4.78, 5) is 23.8. The zero-order valence-corrected chi connectivity index (χ0v) is 20.7. The lowest BCUT2D eigenvalue weighted by Crippen LogP contribution is -2.14. The zero-order valence-electron chi connectivity index (χ0n) is 19.0. The molecular weight excluding hydrogens is 463 g/mol. The quantitative estimate of drug-likeness (QED) is 0.209. The van der Waals surface area contributed by atoms with Crippen molar-refractivity contribution >= 4 is 42.0 Å². The van der Waals surface area contributed by atoms with Gasteiger partial charge in [0.15, 0.2) is 0 Å². The number of hydrogen-bond donors (Lipinski definition) is 3. The van der Waals surface area contributed by atoms with Gasteiger partial charge in [-0.05, 0) is 69.0 Å². The van der Waals surface area contributed by atoms with Crippen molar-refractivity contribution in [2.45, 2.75) is 26.2 Å². The van der Waals surface area contributed by atoms with Crippen LogP contribution in [0, 0.1) is 0 Å². The fraction of sp³-hybridized carbons (Fsp3) is 0.148. The van der Waals surface area contributed by atoms with Crippen LogP contribution in [0.25, 0.3) is 10.4 Å². The number of rotatable bonds is 7. The molecule has 1 unspecified atom stereocenters. The molecule has 0 aliphatic heterocycles. The monoisotopic (exact) mass is 489 g/mol. The molecule has 3 aromatic carbocycles. The van der Waals surface area contributed by atoms with Gasteiger partial charge in [0, 0.05) is 22.4 Å². The summed E-state index contributed by atoms with van der Waals surface area (Å²) in [7, 11) is -2.44. The van der Waals surface area contributed by atoms with E-state index in [0.29, 0.717) is 28.7 Å². The first-order valence-corrected chi connectivity index (χ1v) is 13.0. The summed E-state index contributed by atoms with van der Waals surface area (Å²) in [5.41, 5.74) is 11.6. The van der Waals surface area contributed by atoms with Crippen molar-refractivity contribution in [2.75, 3.05) is 11.1 Å². The second-order valence-corrected chi connectivity index (χ2v) is 10.4. The lowest BCUT2D eigenvalue weighted by molar-refractivity contribution is 0.102. The Morgan fingerprint density at radius 1 is 1.06 bits per heavy atom. The van der Waals surface area contributed by atoms with Crippen LogP contribution in [0.3, 0.4) is 0 Å². The Balaban J connectivity index is 1.54. The second-order valence-electron chi connectivity index (χ2n) is 8.38. The molecule has 1 atom stereocenters. The van der Waals surface area contributed by atoms with E-state index in [1.807, 2.05) is 53.9 Å². The molecule has 0 aliphatic carbocycles. The molecule has 34 heavy (non-hydrogen) atoms. The lowest BCUT2D eigenvalue weighted by atomic mass is 9.92. The van der Waals surface area contributed by atoms with Gasteiger partial charge in [-0.15, -0.1) is 11.3 Å². The van der Waals surface area contributed by atoms with E-state index < -0.39 is 8.03 Å². The molecule has 1 aromatic heterocycles. The van der Waals surface area contributed by atoms with Gasteiger partial charge in [0.2, 0.25) is 5.30 Å². The summed E-state index contributed by atoms with van der Waals surface area (Å²) in [6.07, 6.45) is 0.517. The molecule has 4 aromatic rings. The molecule has 4 N–H and O–H groups in total. The minimum atomic E-state index is -2.44. The van der Waals surface area contributed by atoms with Gasteiger partial charge < -0.3 is 11.1 Å². The molecule has 172 valence electrons. The fourth-order valence-corrected chi connectivity index (χ4v) is 5.31. The molecular formula is C27H26N2O3PS+. The Hall–Kier alpha value is -3.31. The Labute approximate surface area is 204 Å². The first-order valence-electron chi connectivity index (χ1n) is 10.9. The highest BCUT2D eigenvalue weighted by molar-refractivity contribution is 7.47. The molecule has 5 nitrogen and oxygen atoms in total. The molecule has 1 amide bonds. The van der Waals surface area contributed by atoms with Crippen molar-refractivity contribution in [3.8, 4) is 10.4 Å². The van der Waals surface area contributed by atoms with Crippen molar-refractivity contribution in [1.29, 1.82) is 0 Å².